The van der Waals surface area contributed by atoms with Gasteiger partial charge in [-0.1, -0.05) is 0 Å². The van der Waals surface area contributed by atoms with Crippen LogP contribution < -0.4 is 4.90 Å². The third-order valence-electron chi connectivity index (χ3n) is 1.57. The zero-order valence-electron chi connectivity index (χ0n) is 7.35. The summed E-state index contributed by atoms with van der Waals surface area (Å²) in [5, 5.41) is 0. The maximum absolute atomic E-state index is 12.0. The molecule has 0 aliphatic carbocycles. The molecule has 6 heteroatoms. The van der Waals surface area contributed by atoms with Gasteiger partial charge in [0.25, 0.3) is 0 Å². The van der Waals surface area contributed by atoms with Crippen molar-refractivity contribution in [1.82, 2.24) is 4.98 Å². The summed E-state index contributed by atoms with van der Waals surface area (Å²) >= 11 is 3.09. The molecule has 0 aliphatic rings. The standard InChI is InChI=1S/C8H8BrF3N2/c1-14(5-8(10,11)12)6-2-3-13-7(9)4-6/h2-4H,5H2,1H3. The molecule has 0 unspecified atom stereocenters. The Labute approximate surface area is 87.9 Å². The number of rotatable bonds is 2. The summed E-state index contributed by atoms with van der Waals surface area (Å²) in [5.41, 5.74) is 0.476. The fourth-order valence-corrected chi connectivity index (χ4v) is 1.34. The van der Waals surface area contributed by atoms with Crippen molar-refractivity contribution in [3.8, 4) is 0 Å². The van der Waals surface area contributed by atoms with Crippen LogP contribution in [0.2, 0.25) is 0 Å². The Morgan fingerprint density at radius 1 is 1.50 bits per heavy atom. The van der Waals surface area contributed by atoms with Gasteiger partial charge in [0.1, 0.15) is 11.1 Å². The molecule has 0 atom stereocenters. The van der Waals surface area contributed by atoms with E-state index in [2.05, 4.69) is 20.9 Å². The third kappa shape index (κ3) is 3.53. The van der Waals surface area contributed by atoms with Crippen molar-refractivity contribution in [3.63, 3.8) is 0 Å². The Morgan fingerprint density at radius 3 is 2.64 bits per heavy atom. The van der Waals surface area contributed by atoms with Crippen molar-refractivity contribution in [1.29, 1.82) is 0 Å². The van der Waals surface area contributed by atoms with Gasteiger partial charge in [0.2, 0.25) is 0 Å². The van der Waals surface area contributed by atoms with E-state index in [0.717, 1.165) is 4.90 Å². The summed E-state index contributed by atoms with van der Waals surface area (Å²) in [7, 11) is 1.38. The molecule has 0 saturated heterocycles. The second kappa shape index (κ2) is 4.16. The highest BCUT2D eigenvalue weighted by Gasteiger charge is 2.29. The van der Waals surface area contributed by atoms with Crippen LogP contribution in [0.25, 0.3) is 0 Å². The summed E-state index contributed by atoms with van der Waals surface area (Å²) < 4.78 is 36.6. The molecular formula is C8H8BrF3N2. The maximum atomic E-state index is 12.0. The van der Waals surface area contributed by atoms with Gasteiger partial charge in [-0.15, -0.1) is 0 Å². The van der Waals surface area contributed by atoms with Crippen molar-refractivity contribution in [3.05, 3.63) is 22.9 Å². The summed E-state index contributed by atoms with van der Waals surface area (Å²) in [6.45, 7) is -0.969. The number of aromatic nitrogens is 1. The first-order valence-electron chi connectivity index (χ1n) is 3.78. The summed E-state index contributed by atoms with van der Waals surface area (Å²) in [6, 6.07) is 3.06. The van der Waals surface area contributed by atoms with E-state index in [4.69, 9.17) is 0 Å². The number of hydrogen-bond donors (Lipinski definition) is 0. The summed E-state index contributed by atoms with van der Waals surface area (Å²) in [5.74, 6) is 0. The van der Waals surface area contributed by atoms with Crippen molar-refractivity contribution in [2.45, 2.75) is 6.18 Å². The van der Waals surface area contributed by atoms with E-state index in [1.807, 2.05) is 0 Å². The number of halogens is 4. The molecule has 0 aromatic carbocycles. The van der Waals surface area contributed by atoms with Crippen molar-refractivity contribution < 1.29 is 13.2 Å². The molecule has 2 nitrogen and oxygen atoms in total. The Morgan fingerprint density at radius 2 is 2.14 bits per heavy atom. The second-order valence-corrected chi connectivity index (χ2v) is 3.62. The number of pyridine rings is 1. The van der Waals surface area contributed by atoms with Gasteiger partial charge in [0, 0.05) is 18.9 Å². The fraction of sp³-hybridized carbons (Fsp3) is 0.375. The lowest BCUT2D eigenvalue weighted by Gasteiger charge is -2.20. The molecule has 0 spiro atoms. The normalized spacial score (nSPS) is 11.5. The van der Waals surface area contributed by atoms with Crippen molar-refractivity contribution in [2.75, 3.05) is 18.5 Å². The average molecular weight is 269 g/mol. The quantitative estimate of drug-likeness (QED) is 0.767. The Kier molecular flexibility index (Phi) is 3.36. The minimum atomic E-state index is -4.19. The molecule has 0 N–H and O–H groups in total. The van der Waals surface area contributed by atoms with Crippen LogP contribution in [0.4, 0.5) is 18.9 Å². The predicted octanol–water partition coefficient (Wildman–Crippen LogP) is 2.84. The lowest BCUT2D eigenvalue weighted by Crippen LogP contribution is -2.30. The van der Waals surface area contributed by atoms with Crippen LogP contribution in [0, 0.1) is 0 Å². The van der Waals surface area contributed by atoms with Crippen molar-refractivity contribution in [2.24, 2.45) is 0 Å². The molecule has 1 heterocycles. The van der Waals surface area contributed by atoms with Gasteiger partial charge < -0.3 is 4.90 Å². The van der Waals surface area contributed by atoms with Crippen LogP contribution in [0.3, 0.4) is 0 Å². The van der Waals surface area contributed by atoms with Gasteiger partial charge >= 0.3 is 6.18 Å². The largest absolute Gasteiger partial charge is 0.405 e. The van der Waals surface area contributed by atoms with Crippen LogP contribution in [0.1, 0.15) is 0 Å². The molecule has 0 saturated carbocycles. The van der Waals surface area contributed by atoms with E-state index in [0.29, 0.717) is 10.3 Å². The maximum Gasteiger partial charge on any atom is 0.405 e. The van der Waals surface area contributed by atoms with Gasteiger partial charge in [-0.3, -0.25) is 0 Å². The Hall–Kier alpha value is -0.780. The van der Waals surface area contributed by atoms with Crippen LogP contribution in [0.5, 0.6) is 0 Å². The third-order valence-corrected chi connectivity index (χ3v) is 2.00. The van der Waals surface area contributed by atoms with Gasteiger partial charge in [-0.05, 0) is 28.1 Å². The predicted molar refractivity (Wildman–Crippen MR) is 51.3 cm³/mol. The van der Waals surface area contributed by atoms with E-state index in [1.54, 1.807) is 0 Å². The highest BCUT2D eigenvalue weighted by molar-refractivity contribution is 9.10. The number of nitrogens with zero attached hydrogens (tertiary/aromatic N) is 2. The molecule has 0 bridgehead atoms. The monoisotopic (exact) mass is 268 g/mol. The smallest absolute Gasteiger partial charge is 0.366 e. The van der Waals surface area contributed by atoms with E-state index in [1.165, 1.54) is 25.4 Å². The van der Waals surface area contributed by atoms with Crippen LogP contribution in [-0.4, -0.2) is 24.8 Å². The van der Waals surface area contributed by atoms with Crippen molar-refractivity contribution >= 4 is 21.6 Å². The average Bonchev–Trinajstić information content (AvgIpc) is 2.01. The second-order valence-electron chi connectivity index (χ2n) is 2.81. The minimum Gasteiger partial charge on any atom is -0.366 e. The molecule has 0 aliphatic heterocycles. The summed E-state index contributed by atoms with van der Waals surface area (Å²) in [4.78, 5) is 4.94. The molecule has 0 fully saturated rings. The van der Waals surface area contributed by atoms with E-state index < -0.39 is 12.7 Å². The van der Waals surface area contributed by atoms with Crippen LogP contribution in [-0.2, 0) is 0 Å². The molecule has 78 valence electrons. The molecule has 0 radical (unpaired) electrons. The highest BCUT2D eigenvalue weighted by Crippen LogP contribution is 2.21. The zero-order chi connectivity index (χ0) is 10.8. The Balaban J connectivity index is 2.74. The van der Waals surface area contributed by atoms with E-state index in [9.17, 15) is 13.2 Å². The first kappa shape index (κ1) is 11.3. The minimum absolute atomic E-state index is 0.476. The highest BCUT2D eigenvalue weighted by atomic mass is 79.9. The van der Waals surface area contributed by atoms with E-state index >= 15 is 0 Å². The summed E-state index contributed by atoms with van der Waals surface area (Å²) in [6.07, 6.45) is -2.74. The number of alkyl halides is 3. The first-order chi connectivity index (χ1) is 6.38. The van der Waals surface area contributed by atoms with Crippen LogP contribution in [0.15, 0.2) is 22.9 Å². The molecule has 1 rings (SSSR count). The topological polar surface area (TPSA) is 16.1 Å². The Bertz CT molecular complexity index is 314. The molecule has 1 aromatic rings. The number of anilines is 1. The van der Waals surface area contributed by atoms with Crippen LogP contribution >= 0.6 is 15.9 Å². The fourth-order valence-electron chi connectivity index (χ4n) is 0.990. The SMILES string of the molecule is CN(CC(F)(F)F)c1ccnc(Br)c1. The van der Waals surface area contributed by atoms with Gasteiger partial charge in [0.15, 0.2) is 0 Å². The van der Waals surface area contributed by atoms with E-state index in [-0.39, 0.29) is 0 Å². The molecule has 14 heavy (non-hydrogen) atoms. The number of hydrogen-bond acceptors (Lipinski definition) is 2. The zero-order valence-corrected chi connectivity index (χ0v) is 8.93. The lowest BCUT2D eigenvalue weighted by atomic mass is 10.3. The lowest BCUT2D eigenvalue weighted by molar-refractivity contribution is -0.119. The van der Waals surface area contributed by atoms with Gasteiger partial charge in [-0.25, -0.2) is 4.98 Å². The van der Waals surface area contributed by atoms with Gasteiger partial charge in [0.05, 0.1) is 0 Å². The molecule has 0 amide bonds. The first-order valence-corrected chi connectivity index (χ1v) is 4.57. The van der Waals surface area contributed by atoms with Gasteiger partial charge in [-0.2, -0.15) is 13.2 Å². The molecule has 1 aromatic heterocycles. The molecular weight excluding hydrogens is 261 g/mol.